The Balaban J connectivity index is 1.66. The van der Waals surface area contributed by atoms with Gasteiger partial charge in [0.1, 0.15) is 0 Å². The zero-order valence-corrected chi connectivity index (χ0v) is 13.6. The summed E-state index contributed by atoms with van der Waals surface area (Å²) < 4.78 is 5.55. The molecule has 4 heteroatoms. The van der Waals surface area contributed by atoms with Gasteiger partial charge in [0.15, 0.2) is 0 Å². The van der Waals surface area contributed by atoms with Gasteiger partial charge in [-0.3, -0.25) is 9.69 Å². The number of rotatable bonds is 3. The van der Waals surface area contributed by atoms with Crippen molar-refractivity contribution in [2.24, 2.45) is 0 Å². The standard InChI is InChI=1S/C18H26N2O2/c1-14-12-20(10-11-22-14)13-18(21)19(2)17-9-5-7-15-6-3-4-8-16(15)17/h3-4,6,8,14,17H,5,7,9-13H2,1-2H3. The molecule has 1 fully saturated rings. The van der Waals surface area contributed by atoms with Crippen molar-refractivity contribution >= 4 is 5.91 Å². The van der Waals surface area contributed by atoms with E-state index in [2.05, 4.69) is 36.1 Å². The Morgan fingerprint density at radius 1 is 1.41 bits per heavy atom. The lowest BCUT2D eigenvalue weighted by Crippen LogP contribution is -2.47. The van der Waals surface area contributed by atoms with Crippen LogP contribution in [0.25, 0.3) is 0 Å². The number of carbonyl (C=O) groups is 1. The molecule has 1 aromatic rings. The molecule has 1 amide bonds. The average Bonchev–Trinajstić information content (AvgIpc) is 2.53. The number of morpholine rings is 1. The molecule has 22 heavy (non-hydrogen) atoms. The Bertz CT molecular complexity index is 532. The van der Waals surface area contributed by atoms with Gasteiger partial charge in [-0.05, 0) is 37.3 Å². The molecule has 1 aromatic carbocycles. The highest BCUT2D eigenvalue weighted by Crippen LogP contribution is 2.33. The molecule has 2 atom stereocenters. The maximum atomic E-state index is 12.7. The zero-order valence-electron chi connectivity index (χ0n) is 13.6. The van der Waals surface area contributed by atoms with Gasteiger partial charge in [0.2, 0.25) is 5.91 Å². The first-order chi connectivity index (χ1) is 10.6. The van der Waals surface area contributed by atoms with E-state index in [-0.39, 0.29) is 18.1 Å². The van der Waals surface area contributed by atoms with Crippen LogP contribution >= 0.6 is 0 Å². The van der Waals surface area contributed by atoms with E-state index < -0.39 is 0 Å². The highest BCUT2D eigenvalue weighted by Gasteiger charge is 2.28. The molecule has 120 valence electrons. The lowest BCUT2D eigenvalue weighted by atomic mass is 9.87. The Morgan fingerprint density at radius 2 is 2.23 bits per heavy atom. The Labute approximate surface area is 133 Å². The van der Waals surface area contributed by atoms with Crippen molar-refractivity contribution in [3.8, 4) is 0 Å². The van der Waals surface area contributed by atoms with Crippen molar-refractivity contribution in [1.82, 2.24) is 9.80 Å². The second kappa shape index (κ2) is 6.80. The molecule has 0 aromatic heterocycles. The van der Waals surface area contributed by atoms with Crippen LogP contribution in [0.3, 0.4) is 0 Å². The van der Waals surface area contributed by atoms with Crippen LogP contribution in [0.4, 0.5) is 0 Å². The summed E-state index contributed by atoms with van der Waals surface area (Å²) in [6.45, 7) is 5.00. The van der Waals surface area contributed by atoms with Crippen molar-refractivity contribution < 1.29 is 9.53 Å². The molecule has 0 radical (unpaired) electrons. The summed E-state index contributed by atoms with van der Waals surface area (Å²) >= 11 is 0. The van der Waals surface area contributed by atoms with Crippen molar-refractivity contribution in [3.05, 3.63) is 35.4 Å². The monoisotopic (exact) mass is 302 g/mol. The van der Waals surface area contributed by atoms with Gasteiger partial charge in [0.05, 0.1) is 25.3 Å². The minimum Gasteiger partial charge on any atom is -0.376 e. The molecule has 4 nitrogen and oxygen atoms in total. The van der Waals surface area contributed by atoms with Gasteiger partial charge in [-0.25, -0.2) is 0 Å². The van der Waals surface area contributed by atoms with Gasteiger partial charge < -0.3 is 9.64 Å². The lowest BCUT2D eigenvalue weighted by Gasteiger charge is -2.36. The highest BCUT2D eigenvalue weighted by molar-refractivity contribution is 5.78. The van der Waals surface area contributed by atoms with E-state index in [1.807, 2.05) is 11.9 Å². The number of carbonyl (C=O) groups excluding carboxylic acids is 1. The van der Waals surface area contributed by atoms with E-state index in [4.69, 9.17) is 4.74 Å². The Morgan fingerprint density at radius 3 is 3.05 bits per heavy atom. The van der Waals surface area contributed by atoms with Crippen LogP contribution < -0.4 is 0 Å². The molecule has 1 aliphatic heterocycles. The topological polar surface area (TPSA) is 32.8 Å². The fourth-order valence-electron chi connectivity index (χ4n) is 3.64. The van der Waals surface area contributed by atoms with Crippen LogP contribution in [-0.4, -0.2) is 55.1 Å². The summed E-state index contributed by atoms with van der Waals surface area (Å²) in [7, 11) is 1.96. The minimum absolute atomic E-state index is 0.218. The maximum Gasteiger partial charge on any atom is 0.237 e. The Kier molecular flexibility index (Phi) is 4.79. The van der Waals surface area contributed by atoms with Crippen LogP contribution in [0.2, 0.25) is 0 Å². The van der Waals surface area contributed by atoms with Crippen molar-refractivity contribution in [1.29, 1.82) is 0 Å². The summed E-state index contributed by atoms with van der Waals surface area (Å²) in [5, 5.41) is 0. The molecule has 0 spiro atoms. The number of nitrogens with zero attached hydrogens (tertiary/aromatic N) is 2. The molecule has 1 aliphatic carbocycles. The van der Waals surface area contributed by atoms with E-state index in [9.17, 15) is 4.79 Å². The van der Waals surface area contributed by atoms with Crippen molar-refractivity contribution in [2.45, 2.75) is 38.3 Å². The van der Waals surface area contributed by atoms with Gasteiger partial charge in [-0.15, -0.1) is 0 Å². The van der Waals surface area contributed by atoms with Gasteiger partial charge >= 0.3 is 0 Å². The van der Waals surface area contributed by atoms with Crippen molar-refractivity contribution in [2.75, 3.05) is 33.3 Å². The zero-order chi connectivity index (χ0) is 15.5. The van der Waals surface area contributed by atoms with Gasteiger partial charge in [0.25, 0.3) is 0 Å². The highest BCUT2D eigenvalue weighted by atomic mass is 16.5. The van der Waals surface area contributed by atoms with Crippen LogP contribution in [0.15, 0.2) is 24.3 Å². The van der Waals surface area contributed by atoms with Gasteiger partial charge in [-0.2, -0.15) is 0 Å². The number of ether oxygens (including phenoxy) is 1. The number of hydrogen-bond donors (Lipinski definition) is 0. The molecule has 1 saturated heterocycles. The number of fused-ring (bicyclic) bond motifs is 1. The van der Waals surface area contributed by atoms with Crippen LogP contribution in [0, 0.1) is 0 Å². The predicted octanol–water partition coefficient (Wildman–Crippen LogP) is 2.24. The summed E-state index contributed by atoms with van der Waals surface area (Å²) in [4.78, 5) is 16.8. The summed E-state index contributed by atoms with van der Waals surface area (Å²) in [5.41, 5.74) is 2.73. The SMILES string of the molecule is CC1CN(CC(=O)N(C)C2CCCc3ccccc32)CCO1. The predicted molar refractivity (Wildman–Crippen MR) is 86.7 cm³/mol. The quantitative estimate of drug-likeness (QED) is 0.858. The molecule has 2 unspecified atom stereocenters. The lowest BCUT2D eigenvalue weighted by molar-refractivity contribution is -0.135. The molecule has 0 saturated carbocycles. The molecule has 3 rings (SSSR count). The molecule has 0 N–H and O–H groups in total. The van der Waals surface area contributed by atoms with E-state index in [1.165, 1.54) is 11.1 Å². The summed E-state index contributed by atoms with van der Waals surface area (Å²) in [5.74, 6) is 0.218. The van der Waals surface area contributed by atoms with Crippen LogP contribution in [0.5, 0.6) is 0 Å². The Hall–Kier alpha value is -1.39. The average molecular weight is 302 g/mol. The van der Waals surface area contributed by atoms with Gasteiger partial charge in [-0.1, -0.05) is 24.3 Å². The molecular weight excluding hydrogens is 276 g/mol. The summed E-state index contributed by atoms with van der Waals surface area (Å²) in [6, 6.07) is 8.79. The van der Waals surface area contributed by atoms with E-state index >= 15 is 0 Å². The van der Waals surface area contributed by atoms with Crippen LogP contribution in [-0.2, 0) is 16.0 Å². The second-order valence-corrected chi connectivity index (χ2v) is 6.53. The third kappa shape index (κ3) is 3.33. The molecular formula is C18H26N2O2. The number of benzene rings is 1. The normalized spacial score (nSPS) is 25.5. The van der Waals surface area contributed by atoms with E-state index in [0.29, 0.717) is 6.54 Å². The summed E-state index contributed by atoms with van der Waals surface area (Å²) in [6.07, 6.45) is 3.59. The number of amides is 1. The first kappa shape index (κ1) is 15.5. The smallest absolute Gasteiger partial charge is 0.237 e. The first-order valence-corrected chi connectivity index (χ1v) is 8.32. The minimum atomic E-state index is 0.218. The fraction of sp³-hybridized carbons (Fsp3) is 0.611. The fourth-order valence-corrected chi connectivity index (χ4v) is 3.64. The third-order valence-corrected chi connectivity index (χ3v) is 4.88. The number of likely N-dealkylation sites (N-methyl/N-ethyl adjacent to an activating group) is 1. The van der Waals surface area contributed by atoms with E-state index in [1.54, 1.807) is 0 Å². The molecule has 2 aliphatic rings. The molecule has 0 bridgehead atoms. The first-order valence-electron chi connectivity index (χ1n) is 8.32. The number of hydrogen-bond acceptors (Lipinski definition) is 3. The second-order valence-electron chi connectivity index (χ2n) is 6.53. The third-order valence-electron chi connectivity index (χ3n) is 4.88. The van der Waals surface area contributed by atoms with Crippen molar-refractivity contribution in [3.63, 3.8) is 0 Å². The van der Waals surface area contributed by atoms with Crippen LogP contribution in [0.1, 0.15) is 36.9 Å². The number of aryl methyl sites for hydroxylation is 1. The largest absolute Gasteiger partial charge is 0.376 e. The van der Waals surface area contributed by atoms with Gasteiger partial charge in [0, 0.05) is 20.1 Å². The maximum absolute atomic E-state index is 12.7. The van der Waals surface area contributed by atoms with E-state index in [0.717, 1.165) is 39.0 Å². The molecule has 1 heterocycles.